The predicted molar refractivity (Wildman–Crippen MR) is 50.0 cm³/mol. The van der Waals surface area contributed by atoms with Gasteiger partial charge in [-0.3, -0.25) is 5.10 Å². The number of H-pyrrole nitrogens is 1. The molecule has 0 atom stereocenters. The second-order valence-corrected chi connectivity index (χ2v) is 3.88. The van der Waals surface area contributed by atoms with E-state index in [0.29, 0.717) is 0 Å². The molecule has 0 fully saturated rings. The van der Waals surface area contributed by atoms with Crippen molar-refractivity contribution in [3.63, 3.8) is 0 Å². The fraction of sp³-hybridized carbons (Fsp3) is 0.625. The average Bonchev–Trinajstić information content (AvgIpc) is 2.37. The number of hydrogen-bond acceptors (Lipinski definition) is 2. The summed E-state index contributed by atoms with van der Waals surface area (Å²) in [6.45, 7) is 4.21. The normalized spacial score (nSPS) is 10.4. The van der Waals surface area contributed by atoms with Gasteiger partial charge in [-0.1, -0.05) is 6.92 Å². The lowest BCUT2D eigenvalue weighted by Gasteiger charge is -1.93. The fourth-order valence-corrected chi connectivity index (χ4v) is 1.57. The second-order valence-electron chi connectivity index (χ2n) is 2.49. The van der Waals surface area contributed by atoms with Gasteiger partial charge in [0.2, 0.25) is 0 Å². The quantitative estimate of drug-likeness (QED) is 0.700. The molecular formula is C8H14N2S. The first-order valence-corrected chi connectivity index (χ1v) is 5.07. The third-order valence-electron chi connectivity index (χ3n) is 1.47. The fourth-order valence-electron chi connectivity index (χ4n) is 0.924. The molecule has 1 N–H and O–H groups in total. The van der Waals surface area contributed by atoms with Crippen molar-refractivity contribution in [2.45, 2.75) is 20.3 Å². The number of nitrogens with one attached hydrogen (secondary N) is 1. The Kier molecular flexibility index (Phi) is 3.49. The van der Waals surface area contributed by atoms with E-state index in [-0.39, 0.29) is 0 Å². The van der Waals surface area contributed by atoms with Crippen LogP contribution in [0, 0.1) is 6.92 Å². The third-order valence-corrected chi connectivity index (χ3v) is 2.37. The van der Waals surface area contributed by atoms with Crippen molar-refractivity contribution in [3.8, 4) is 0 Å². The van der Waals surface area contributed by atoms with Gasteiger partial charge in [-0.05, 0) is 24.5 Å². The lowest BCUT2D eigenvalue weighted by molar-refractivity contribution is 0.967. The highest BCUT2D eigenvalue weighted by atomic mass is 32.2. The first kappa shape index (κ1) is 8.65. The van der Waals surface area contributed by atoms with Crippen LogP contribution in [0.2, 0.25) is 0 Å². The minimum Gasteiger partial charge on any atom is -0.283 e. The first-order chi connectivity index (χ1) is 5.33. The third kappa shape index (κ3) is 2.97. The molecule has 3 heteroatoms. The van der Waals surface area contributed by atoms with Crippen LogP contribution in [0.4, 0.5) is 0 Å². The zero-order chi connectivity index (χ0) is 8.10. The van der Waals surface area contributed by atoms with Crippen LogP contribution >= 0.6 is 11.8 Å². The molecule has 1 aromatic heterocycles. The molecule has 0 amide bonds. The zero-order valence-corrected chi connectivity index (χ0v) is 7.87. The summed E-state index contributed by atoms with van der Waals surface area (Å²) in [6.07, 6.45) is 1.09. The van der Waals surface area contributed by atoms with Crippen molar-refractivity contribution < 1.29 is 0 Å². The Morgan fingerprint density at radius 3 is 3.00 bits per heavy atom. The van der Waals surface area contributed by atoms with Gasteiger partial charge in [0, 0.05) is 12.1 Å². The van der Waals surface area contributed by atoms with Crippen molar-refractivity contribution in [3.05, 3.63) is 17.5 Å². The van der Waals surface area contributed by atoms with E-state index in [1.54, 1.807) is 0 Å². The van der Waals surface area contributed by atoms with E-state index in [1.165, 1.54) is 17.2 Å². The van der Waals surface area contributed by atoms with E-state index in [9.17, 15) is 0 Å². The SMILES string of the molecule is CCSCCc1cc(C)[nH]n1. The minimum absolute atomic E-state index is 1.09. The lowest BCUT2D eigenvalue weighted by atomic mass is 10.3. The van der Waals surface area contributed by atoms with Crippen molar-refractivity contribution in [2.75, 3.05) is 11.5 Å². The topological polar surface area (TPSA) is 28.7 Å². The minimum atomic E-state index is 1.09. The highest BCUT2D eigenvalue weighted by Gasteiger charge is 1.95. The van der Waals surface area contributed by atoms with Gasteiger partial charge in [-0.25, -0.2) is 0 Å². The summed E-state index contributed by atoms with van der Waals surface area (Å²) in [4.78, 5) is 0. The lowest BCUT2D eigenvalue weighted by Crippen LogP contribution is -1.88. The van der Waals surface area contributed by atoms with Gasteiger partial charge in [-0.2, -0.15) is 16.9 Å². The van der Waals surface area contributed by atoms with Crippen LogP contribution in [0.3, 0.4) is 0 Å². The van der Waals surface area contributed by atoms with E-state index < -0.39 is 0 Å². The van der Waals surface area contributed by atoms with Crippen molar-refractivity contribution >= 4 is 11.8 Å². The zero-order valence-electron chi connectivity index (χ0n) is 7.05. The van der Waals surface area contributed by atoms with Crippen LogP contribution < -0.4 is 0 Å². The van der Waals surface area contributed by atoms with Gasteiger partial charge in [0.1, 0.15) is 0 Å². The molecule has 1 heterocycles. The number of aromatic nitrogens is 2. The largest absolute Gasteiger partial charge is 0.283 e. The Hall–Kier alpha value is -0.440. The molecule has 0 aliphatic rings. The molecule has 0 aromatic carbocycles. The molecule has 1 aromatic rings. The molecule has 0 unspecified atom stereocenters. The molecule has 2 nitrogen and oxygen atoms in total. The van der Waals surface area contributed by atoms with Gasteiger partial charge in [0.15, 0.2) is 0 Å². The summed E-state index contributed by atoms with van der Waals surface area (Å²) < 4.78 is 0. The van der Waals surface area contributed by atoms with Crippen LogP contribution in [0.5, 0.6) is 0 Å². The van der Waals surface area contributed by atoms with Gasteiger partial charge >= 0.3 is 0 Å². The Morgan fingerprint density at radius 2 is 2.45 bits per heavy atom. The predicted octanol–water partition coefficient (Wildman–Crippen LogP) is 2.01. The van der Waals surface area contributed by atoms with Crippen molar-refractivity contribution in [1.29, 1.82) is 0 Å². The summed E-state index contributed by atoms with van der Waals surface area (Å²) in [7, 11) is 0. The standard InChI is InChI=1S/C8H14N2S/c1-3-11-5-4-8-6-7(2)9-10-8/h6H,3-5H2,1-2H3,(H,9,10). The number of aromatic amines is 1. The monoisotopic (exact) mass is 170 g/mol. The van der Waals surface area contributed by atoms with Gasteiger partial charge in [0.25, 0.3) is 0 Å². The van der Waals surface area contributed by atoms with Crippen molar-refractivity contribution in [2.24, 2.45) is 0 Å². The average molecular weight is 170 g/mol. The summed E-state index contributed by atoms with van der Waals surface area (Å²) in [5.41, 5.74) is 2.34. The molecule has 0 saturated heterocycles. The summed E-state index contributed by atoms with van der Waals surface area (Å²) in [5, 5.41) is 7.09. The van der Waals surface area contributed by atoms with E-state index in [2.05, 4.69) is 23.2 Å². The van der Waals surface area contributed by atoms with E-state index >= 15 is 0 Å². The highest BCUT2D eigenvalue weighted by Crippen LogP contribution is 2.04. The molecule has 0 spiro atoms. The smallest absolute Gasteiger partial charge is 0.0633 e. The van der Waals surface area contributed by atoms with Crippen molar-refractivity contribution in [1.82, 2.24) is 10.2 Å². The summed E-state index contributed by atoms with van der Waals surface area (Å²) >= 11 is 1.96. The number of thioether (sulfide) groups is 1. The Balaban J connectivity index is 2.27. The maximum absolute atomic E-state index is 4.15. The van der Waals surface area contributed by atoms with Crippen LogP contribution in [0.25, 0.3) is 0 Å². The number of aryl methyl sites for hydroxylation is 2. The molecule has 0 radical (unpaired) electrons. The maximum atomic E-state index is 4.15. The number of hydrogen-bond donors (Lipinski definition) is 1. The Morgan fingerprint density at radius 1 is 1.64 bits per heavy atom. The van der Waals surface area contributed by atoms with Crippen LogP contribution in [0.1, 0.15) is 18.3 Å². The van der Waals surface area contributed by atoms with Crippen LogP contribution in [-0.2, 0) is 6.42 Å². The first-order valence-electron chi connectivity index (χ1n) is 3.91. The Bertz CT molecular complexity index is 208. The molecule has 1 rings (SSSR count). The van der Waals surface area contributed by atoms with Crippen LogP contribution in [0.15, 0.2) is 6.07 Å². The molecule has 0 aliphatic carbocycles. The van der Waals surface area contributed by atoms with Gasteiger partial charge < -0.3 is 0 Å². The molecular weight excluding hydrogens is 156 g/mol. The summed E-state index contributed by atoms with van der Waals surface area (Å²) in [6, 6.07) is 2.11. The molecule has 11 heavy (non-hydrogen) atoms. The molecule has 62 valence electrons. The highest BCUT2D eigenvalue weighted by molar-refractivity contribution is 7.99. The molecule has 0 saturated carbocycles. The van der Waals surface area contributed by atoms with E-state index in [4.69, 9.17) is 0 Å². The number of rotatable bonds is 4. The Labute approximate surface area is 71.8 Å². The second kappa shape index (κ2) is 4.44. The number of nitrogens with zero attached hydrogens (tertiary/aromatic N) is 1. The van der Waals surface area contributed by atoms with E-state index in [0.717, 1.165) is 12.1 Å². The summed E-state index contributed by atoms with van der Waals surface area (Å²) in [5.74, 6) is 2.38. The molecule has 0 bridgehead atoms. The van der Waals surface area contributed by atoms with E-state index in [1.807, 2.05) is 18.7 Å². The van der Waals surface area contributed by atoms with Gasteiger partial charge in [-0.15, -0.1) is 0 Å². The van der Waals surface area contributed by atoms with Gasteiger partial charge in [0.05, 0.1) is 5.69 Å². The molecule has 0 aliphatic heterocycles. The van der Waals surface area contributed by atoms with Crippen LogP contribution in [-0.4, -0.2) is 21.7 Å². The maximum Gasteiger partial charge on any atom is 0.0633 e.